The molecule has 0 atom stereocenters. The molecule has 0 aliphatic rings. The summed E-state index contributed by atoms with van der Waals surface area (Å²) in [6.45, 7) is 0.598. The van der Waals surface area contributed by atoms with Crippen molar-refractivity contribution in [3.63, 3.8) is 0 Å². The monoisotopic (exact) mass is 357 g/mol. The third kappa shape index (κ3) is 5.20. The molecular formula is C19H23N3O4. The smallest absolute Gasteiger partial charge is 0.311 e. The Hall–Kier alpha value is -3.09. The van der Waals surface area contributed by atoms with Gasteiger partial charge in [-0.1, -0.05) is 6.07 Å². The number of nitrogens with zero attached hydrogens (tertiary/aromatic N) is 2. The van der Waals surface area contributed by atoms with Crippen LogP contribution in [0, 0.1) is 0 Å². The van der Waals surface area contributed by atoms with E-state index < -0.39 is 11.8 Å². The number of hydrogen-bond acceptors (Lipinski definition) is 5. The molecule has 0 aliphatic heterocycles. The number of rotatable bonds is 7. The molecule has 7 nitrogen and oxygen atoms in total. The molecule has 26 heavy (non-hydrogen) atoms. The summed E-state index contributed by atoms with van der Waals surface area (Å²) >= 11 is 0. The van der Waals surface area contributed by atoms with Crippen molar-refractivity contribution in [1.29, 1.82) is 0 Å². The van der Waals surface area contributed by atoms with Gasteiger partial charge < -0.3 is 19.7 Å². The zero-order valence-electron chi connectivity index (χ0n) is 15.2. The van der Waals surface area contributed by atoms with Gasteiger partial charge in [-0.3, -0.25) is 14.6 Å². The van der Waals surface area contributed by atoms with Gasteiger partial charge in [-0.25, -0.2) is 0 Å². The fourth-order valence-electron chi connectivity index (χ4n) is 2.35. The van der Waals surface area contributed by atoms with Crippen LogP contribution in [0.1, 0.15) is 11.3 Å². The van der Waals surface area contributed by atoms with Crippen molar-refractivity contribution in [2.24, 2.45) is 0 Å². The van der Waals surface area contributed by atoms with E-state index in [4.69, 9.17) is 9.47 Å². The molecule has 2 amide bonds. The van der Waals surface area contributed by atoms with Crippen LogP contribution in [0.3, 0.4) is 0 Å². The van der Waals surface area contributed by atoms with Crippen LogP contribution >= 0.6 is 0 Å². The minimum atomic E-state index is -0.661. The van der Waals surface area contributed by atoms with Gasteiger partial charge in [-0.05, 0) is 24.3 Å². The maximum absolute atomic E-state index is 12.2. The molecule has 1 aromatic carbocycles. The van der Waals surface area contributed by atoms with Gasteiger partial charge in [0.15, 0.2) is 0 Å². The first-order valence-electron chi connectivity index (χ1n) is 8.19. The molecule has 0 bridgehead atoms. The number of carbonyl (C=O) groups excluding carboxylic acids is 2. The quantitative estimate of drug-likeness (QED) is 0.758. The molecule has 2 rings (SSSR count). The Labute approximate surface area is 152 Å². The topological polar surface area (TPSA) is 80.8 Å². The molecule has 0 aliphatic carbocycles. The number of methoxy groups -OCH3 is 2. The SMILES string of the molecule is COc1ccc(CNC(=O)C(=O)N(C)CCc2ccccn2)c(OC)c1. The molecule has 7 heteroatoms. The number of aromatic nitrogens is 1. The van der Waals surface area contributed by atoms with E-state index in [-0.39, 0.29) is 6.54 Å². The predicted octanol–water partition coefficient (Wildman–Crippen LogP) is 1.42. The van der Waals surface area contributed by atoms with E-state index in [0.29, 0.717) is 24.5 Å². The largest absolute Gasteiger partial charge is 0.497 e. The number of ether oxygens (including phenoxy) is 2. The third-order valence-electron chi connectivity index (χ3n) is 3.90. The van der Waals surface area contributed by atoms with Crippen molar-refractivity contribution in [2.75, 3.05) is 27.8 Å². The molecule has 0 saturated heterocycles. The van der Waals surface area contributed by atoms with Crippen molar-refractivity contribution >= 4 is 11.8 Å². The summed E-state index contributed by atoms with van der Waals surface area (Å²) in [6.07, 6.45) is 2.29. The van der Waals surface area contributed by atoms with E-state index in [1.165, 1.54) is 12.0 Å². The summed E-state index contributed by atoms with van der Waals surface area (Å²) in [5, 5.41) is 2.62. The second-order valence-corrected chi connectivity index (χ2v) is 5.66. The van der Waals surface area contributed by atoms with Crippen molar-refractivity contribution in [3.8, 4) is 11.5 Å². The first-order valence-corrected chi connectivity index (χ1v) is 8.19. The summed E-state index contributed by atoms with van der Waals surface area (Å²) in [5.74, 6) is -0.0114. The van der Waals surface area contributed by atoms with E-state index in [9.17, 15) is 9.59 Å². The van der Waals surface area contributed by atoms with Crippen LogP contribution in [-0.4, -0.2) is 49.5 Å². The number of carbonyl (C=O) groups is 2. The Morgan fingerprint density at radius 3 is 2.62 bits per heavy atom. The molecule has 0 saturated carbocycles. The standard InChI is InChI=1S/C19H23N3O4/c1-22(11-9-15-6-4-5-10-20-15)19(24)18(23)21-13-14-7-8-16(25-2)12-17(14)26-3/h4-8,10,12H,9,11,13H2,1-3H3,(H,21,23). The maximum atomic E-state index is 12.2. The second kappa shape index (κ2) is 9.41. The van der Waals surface area contributed by atoms with E-state index >= 15 is 0 Å². The molecule has 1 heterocycles. The summed E-state index contributed by atoms with van der Waals surface area (Å²) in [4.78, 5) is 29.9. The Balaban J connectivity index is 1.87. The molecule has 1 N–H and O–H groups in total. The highest BCUT2D eigenvalue weighted by atomic mass is 16.5. The first kappa shape index (κ1) is 19.2. The van der Waals surface area contributed by atoms with Crippen LogP contribution in [0.25, 0.3) is 0 Å². The normalized spacial score (nSPS) is 10.1. The number of nitrogens with one attached hydrogen (secondary N) is 1. The summed E-state index contributed by atoms with van der Waals surface area (Å²) in [7, 11) is 4.70. The van der Waals surface area contributed by atoms with Crippen LogP contribution < -0.4 is 14.8 Å². The number of hydrogen-bond donors (Lipinski definition) is 1. The highest BCUT2D eigenvalue weighted by Gasteiger charge is 2.18. The average molecular weight is 357 g/mol. The van der Waals surface area contributed by atoms with E-state index in [1.54, 1.807) is 38.6 Å². The molecule has 1 aromatic heterocycles. The van der Waals surface area contributed by atoms with Crippen LogP contribution in [0.15, 0.2) is 42.6 Å². The van der Waals surface area contributed by atoms with Crippen LogP contribution in [0.2, 0.25) is 0 Å². The van der Waals surface area contributed by atoms with Gasteiger partial charge in [0, 0.05) is 50.1 Å². The van der Waals surface area contributed by atoms with Gasteiger partial charge in [0.1, 0.15) is 11.5 Å². The number of amides is 2. The molecule has 138 valence electrons. The molecule has 0 radical (unpaired) electrons. The van der Waals surface area contributed by atoms with E-state index in [0.717, 1.165) is 11.3 Å². The highest BCUT2D eigenvalue weighted by molar-refractivity contribution is 6.34. The van der Waals surface area contributed by atoms with Crippen LogP contribution in [0.4, 0.5) is 0 Å². The Morgan fingerprint density at radius 1 is 1.15 bits per heavy atom. The second-order valence-electron chi connectivity index (χ2n) is 5.66. The van der Waals surface area contributed by atoms with Gasteiger partial charge in [0.05, 0.1) is 14.2 Å². The van der Waals surface area contributed by atoms with Crippen molar-refractivity contribution < 1.29 is 19.1 Å². The summed E-state index contributed by atoms with van der Waals surface area (Å²) < 4.78 is 10.4. The third-order valence-corrected chi connectivity index (χ3v) is 3.90. The summed E-state index contributed by atoms with van der Waals surface area (Å²) in [5.41, 5.74) is 1.63. The molecule has 0 fully saturated rings. The molecule has 0 unspecified atom stereocenters. The zero-order valence-corrected chi connectivity index (χ0v) is 15.2. The van der Waals surface area contributed by atoms with Crippen molar-refractivity contribution in [3.05, 3.63) is 53.9 Å². The minimum absolute atomic E-state index is 0.186. The van der Waals surface area contributed by atoms with Gasteiger partial charge in [0.2, 0.25) is 0 Å². The van der Waals surface area contributed by atoms with Gasteiger partial charge in [0.25, 0.3) is 0 Å². The first-order chi connectivity index (χ1) is 12.5. The molecule has 2 aromatic rings. The lowest BCUT2D eigenvalue weighted by Crippen LogP contribution is -2.41. The van der Waals surface area contributed by atoms with E-state index in [1.807, 2.05) is 18.2 Å². The number of likely N-dealkylation sites (N-methyl/N-ethyl adjacent to an activating group) is 1. The summed E-state index contributed by atoms with van der Waals surface area (Å²) in [6, 6.07) is 10.9. The van der Waals surface area contributed by atoms with E-state index in [2.05, 4.69) is 10.3 Å². The lowest BCUT2D eigenvalue weighted by molar-refractivity contribution is -0.145. The highest BCUT2D eigenvalue weighted by Crippen LogP contribution is 2.24. The Bertz CT molecular complexity index is 750. The van der Waals surface area contributed by atoms with Crippen molar-refractivity contribution in [1.82, 2.24) is 15.2 Å². The number of benzene rings is 1. The van der Waals surface area contributed by atoms with Crippen LogP contribution in [0.5, 0.6) is 11.5 Å². The lowest BCUT2D eigenvalue weighted by Gasteiger charge is -2.17. The lowest BCUT2D eigenvalue weighted by atomic mass is 10.2. The average Bonchev–Trinajstić information content (AvgIpc) is 2.70. The van der Waals surface area contributed by atoms with Gasteiger partial charge in [-0.2, -0.15) is 0 Å². The predicted molar refractivity (Wildman–Crippen MR) is 97.0 cm³/mol. The maximum Gasteiger partial charge on any atom is 0.311 e. The zero-order chi connectivity index (χ0) is 18.9. The number of pyridine rings is 1. The molecular weight excluding hydrogens is 334 g/mol. The Kier molecular flexibility index (Phi) is 6.96. The van der Waals surface area contributed by atoms with Crippen LogP contribution in [-0.2, 0) is 22.6 Å². The van der Waals surface area contributed by atoms with Crippen molar-refractivity contribution in [2.45, 2.75) is 13.0 Å². The minimum Gasteiger partial charge on any atom is -0.497 e. The fraction of sp³-hybridized carbons (Fsp3) is 0.316. The van der Waals surface area contributed by atoms with Gasteiger partial charge in [-0.15, -0.1) is 0 Å². The van der Waals surface area contributed by atoms with Gasteiger partial charge >= 0.3 is 11.8 Å². The fourth-order valence-corrected chi connectivity index (χ4v) is 2.35. The Morgan fingerprint density at radius 2 is 1.96 bits per heavy atom. The molecule has 0 spiro atoms.